The molecule has 0 unspecified atom stereocenters. The third-order valence-corrected chi connectivity index (χ3v) is 6.51. The van der Waals surface area contributed by atoms with Crippen molar-refractivity contribution in [3.05, 3.63) is 70.6 Å². The molecule has 1 aliphatic heterocycles. The molecule has 0 aliphatic carbocycles. The summed E-state index contributed by atoms with van der Waals surface area (Å²) < 4.78 is 27.8. The summed E-state index contributed by atoms with van der Waals surface area (Å²) in [5.74, 6) is -0.0464. The fourth-order valence-corrected chi connectivity index (χ4v) is 3.86. The van der Waals surface area contributed by atoms with Gasteiger partial charge in [0.15, 0.2) is 0 Å². The lowest BCUT2D eigenvalue weighted by molar-refractivity contribution is -0.126. The third kappa shape index (κ3) is 5.09. The maximum absolute atomic E-state index is 12.6. The Hall–Kier alpha value is -2.55. The number of pyridine rings is 1. The van der Waals surface area contributed by atoms with Crippen molar-refractivity contribution in [1.29, 1.82) is 0 Å². The highest BCUT2D eigenvalue weighted by Crippen LogP contribution is 2.24. The van der Waals surface area contributed by atoms with Crippen LogP contribution in [0, 0.1) is 6.92 Å². The van der Waals surface area contributed by atoms with E-state index in [2.05, 4.69) is 9.71 Å². The van der Waals surface area contributed by atoms with Crippen LogP contribution in [0.1, 0.15) is 27.9 Å². The molecule has 1 aromatic carbocycles. The molecule has 1 amide bonds. The zero-order valence-corrected chi connectivity index (χ0v) is 17.7. The second-order valence-electron chi connectivity index (χ2n) is 7.19. The minimum atomic E-state index is -3.52. The predicted octanol–water partition coefficient (Wildman–Crippen LogP) is 1.88. The molecule has 1 aromatic heterocycles. The van der Waals surface area contributed by atoms with Gasteiger partial charge in [0.25, 0.3) is 10.2 Å². The Kier molecular flexibility index (Phi) is 6.46. The number of rotatable bonds is 6. The highest BCUT2D eigenvalue weighted by Gasteiger charge is 2.24. The number of amides is 1. The van der Waals surface area contributed by atoms with Crippen LogP contribution < -0.4 is 4.72 Å². The molecule has 0 radical (unpaired) electrons. The summed E-state index contributed by atoms with van der Waals surface area (Å²) >= 11 is 0. The molecule has 3 rings (SSSR count). The number of aryl methyl sites for hydroxylation is 1. The van der Waals surface area contributed by atoms with E-state index in [1.807, 2.05) is 43.3 Å². The van der Waals surface area contributed by atoms with Gasteiger partial charge in [0.1, 0.15) is 0 Å². The van der Waals surface area contributed by atoms with Crippen LogP contribution in [0.4, 0.5) is 0 Å². The van der Waals surface area contributed by atoms with Crippen molar-refractivity contribution in [2.75, 3.05) is 20.6 Å². The van der Waals surface area contributed by atoms with Gasteiger partial charge in [0, 0.05) is 51.7 Å². The van der Waals surface area contributed by atoms with Crippen molar-refractivity contribution < 1.29 is 13.2 Å². The summed E-state index contributed by atoms with van der Waals surface area (Å²) in [6.07, 6.45) is 5.86. The molecule has 0 saturated heterocycles. The van der Waals surface area contributed by atoms with E-state index >= 15 is 0 Å². The quantitative estimate of drug-likeness (QED) is 0.732. The first-order valence-corrected chi connectivity index (χ1v) is 10.9. The first-order valence-electron chi connectivity index (χ1n) is 9.43. The fraction of sp³-hybridized carbons (Fsp3) is 0.333. The van der Waals surface area contributed by atoms with Crippen LogP contribution in [0.3, 0.4) is 0 Å². The number of aromatic nitrogens is 1. The molecule has 0 atom stereocenters. The minimum Gasteiger partial charge on any atom is -0.334 e. The van der Waals surface area contributed by atoms with E-state index in [0.29, 0.717) is 19.5 Å². The lowest BCUT2D eigenvalue weighted by Crippen LogP contribution is -2.37. The van der Waals surface area contributed by atoms with Crippen molar-refractivity contribution in [3.63, 3.8) is 0 Å². The number of carbonyl (C=O) groups excluding carboxylic acids is 1. The van der Waals surface area contributed by atoms with Crippen LogP contribution in [0.5, 0.6) is 0 Å². The number of nitrogens with zero attached hydrogens (tertiary/aromatic N) is 3. The van der Waals surface area contributed by atoms with E-state index in [4.69, 9.17) is 0 Å². The topological polar surface area (TPSA) is 82.6 Å². The largest absolute Gasteiger partial charge is 0.334 e. The van der Waals surface area contributed by atoms with E-state index in [-0.39, 0.29) is 12.5 Å². The molecule has 154 valence electrons. The highest BCUT2D eigenvalue weighted by molar-refractivity contribution is 7.87. The van der Waals surface area contributed by atoms with Crippen LogP contribution in [-0.2, 0) is 34.5 Å². The summed E-state index contributed by atoms with van der Waals surface area (Å²) in [6.45, 7) is 3.11. The molecular formula is C21H26N4O3S. The molecule has 0 fully saturated rings. The summed E-state index contributed by atoms with van der Waals surface area (Å²) in [7, 11) is -0.543. The van der Waals surface area contributed by atoms with Gasteiger partial charge < -0.3 is 4.90 Å². The predicted molar refractivity (Wildman–Crippen MR) is 113 cm³/mol. The fourth-order valence-electron chi connectivity index (χ4n) is 3.27. The summed E-state index contributed by atoms with van der Waals surface area (Å²) in [5, 5.41) is 0. The average molecular weight is 415 g/mol. The Labute approximate surface area is 172 Å². The maximum atomic E-state index is 12.6. The number of hydrogen-bond donors (Lipinski definition) is 1. The van der Waals surface area contributed by atoms with Crippen molar-refractivity contribution >= 4 is 22.2 Å². The zero-order valence-electron chi connectivity index (χ0n) is 16.9. The van der Waals surface area contributed by atoms with Crippen molar-refractivity contribution in [2.24, 2.45) is 0 Å². The minimum absolute atomic E-state index is 0.0464. The second kappa shape index (κ2) is 8.86. The maximum Gasteiger partial charge on any atom is 0.279 e. The van der Waals surface area contributed by atoms with Gasteiger partial charge in [-0.05, 0) is 41.7 Å². The van der Waals surface area contributed by atoms with Crippen LogP contribution in [0.2, 0.25) is 0 Å². The average Bonchev–Trinajstić information content (AvgIpc) is 2.71. The van der Waals surface area contributed by atoms with Crippen molar-refractivity contribution in [2.45, 2.75) is 26.4 Å². The third-order valence-electron chi connectivity index (χ3n) is 5.04. The SMILES string of the molecule is Cc1ncc2c(c1CNS(=O)(=O)N(C)C)CCN(C(=O)/C=C/c1ccccc1)C2. The van der Waals surface area contributed by atoms with Gasteiger partial charge in [-0.1, -0.05) is 30.3 Å². The molecule has 2 aromatic rings. The van der Waals surface area contributed by atoms with Gasteiger partial charge >= 0.3 is 0 Å². The first-order chi connectivity index (χ1) is 13.8. The van der Waals surface area contributed by atoms with Gasteiger partial charge in [0.2, 0.25) is 5.91 Å². The van der Waals surface area contributed by atoms with E-state index in [0.717, 1.165) is 32.3 Å². The van der Waals surface area contributed by atoms with E-state index in [1.54, 1.807) is 17.2 Å². The standard InChI is InChI=1S/C21H26N4O3S/c1-16-20(14-23-29(27,28)24(2)3)19-11-12-25(15-18(19)13-22-16)21(26)10-9-17-7-5-4-6-8-17/h4-10,13,23H,11-12,14-15H2,1-3H3/b10-9+. The van der Waals surface area contributed by atoms with E-state index < -0.39 is 10.2 Å². The summed E-state index contributed by atoms with van der Waals surface area (Å²) in [4.78, 5) is 18.8. The summed E-state index contributed by atoms with van der Waals surface area (Å²) in [6, 6.07) is 9.70. The molecule has 7 nitrogen and oxygen atoms in total. The lowest BCUT2D eigenvalue weighted by atomic mass is 9.95. The molecule has 29 heavy (non-hydrogen) atoms. The number of fused-ring (bicyclic) bond motifs is 1. The molecule has 1 aliphatic rings. The number of hydrogen-bond acceptors (Lipinski definition) is 4. The number of benzene rings is 1. The van der Waals surface area contributed by atoms with E-state index in [1.165, 1.54) is 14.1 Å². The molecule has 2 heterocycles. The summed E-state index contributed by atoms with van der Waals surface area (Å²) in [5.41, 5.74) is 4.71. The molecule has 1 N–H and O–H groups in total. The van der Waals surface area contributed by atoms with Gasteiger partial charge in [-0.2, -0.15) is 17.4 Å². The molecule has 0 saturated carbocycles. The van der Waals surface area contributed by atoms with Crippen LogP contribution in [0.15, 0.2) is 42.6 Å². The number of carbonyl (C=O) groups is 1. The highest BCUT2D eigenvalue weighted by atomic mass is 32.2. The molecule has 8 heteroatoms. The Morgan fingerprint density at radius 3 is 2.69 bits per heavy atom. The molecule has 0 spiro atoms. The van der Waals surface area contributed by atoms with Gasteiger partial charge in [-0.3, -0.25) is 9.78 Å². The Balaban J connectivity index is 1.74. The normalized spacial score (nSPS) is 14.4. The monoisotopic (exact) mass is 414 g/mol. The lowest BCUT2D eigenvalue weighted by Gasteiger charge is -2.30. The Morgan fingerprint density at radius 1 is 1.28 bits per heavy atom. The van der Waals surface area contributed by atoms with Crippen LogP contribution in [0.25, 0.3) is 6.08 Å². The Morgan fingerprint density at radius 2 is 2.00 bits per heavy atom. The second-order valence-corrected chi connectivity index (χ2v) is 9.16. The van der Waals surface area contributed by atoms with Gasteiger partial charge in [0.05, 0.1) is 0 Å². The van der Waals surface area contributed by atoms with Crippen molar-refractivity contribution in [3.8, 4) is 0 Å². The molecule has 0 bridgehead atoms. The first kappa shape index (κ1) is 21.2. The smallest absolute Gasteiger partial charge is 0.279 e. The van der Waals surface area contributed by atoms with E-state index in [9.17, 15) is 13.2 Å². The Bertz CT molecular complexity index is 1020. The van der Waals surface area contributed by atoms with Gasteiger partial charge in [-0.15, -0.1) is 0 Å². The van der Waals surface area contributed by atoms with Crippen molar-refractivity contribution in [1.82, 2.24) is 18.9 Å². The van der Waals surface area contributed by atoms with Crippen LogP contribution in [-0.4, -0.2) is 49.2 Å². The van der Waals surface area contributed by atoms with Crippen LogP contribution >= 0.6 is 0 Å². The zero-order chi connectivity index (χ0) is 21.0. The molecular weight excluding hydrogens is 388 g/mol. The number of nitrogens with one attached hydrogen (secondary N) is 1. The van der Waals surface area contributed by atoms with Gasteiger partial charge in [-0.25, -0.2) is 0 Å².